The molecule has 0 aromatic rings. The third-order valence-electron chi connectivity index (χ3n) is 18.2. The van der Waals surface area contributed by atoms with Gasteiger partial charge in [0, 0.05) is 12.8 Å². The predicted molar refractivity (Wildman–Crippen MR) is 357 cm³/mol. The largest absolute Gasteiger partial charge is 0.466 e. The number of aliphatic hydroxyl groups is 2. The summed E-state index contributed by atoms with van der Waals surface area (Å²) in [6.07, 6.45) is 87.4. The van der Waals surface area contributed by atoms with Crippen LogP contribution in [0.25, 0.3) is 0 Å². The maximum absolute atomic E-state index is 12.6. The normalized spacial score (nSPS) is 12.4. The van der Waals surface area contributed by atoms with Gasteiger partial charge < -0.3 is 20.3 Å². The zero-order valence-corrected chi connectivity index (χ0v) is 55.6. The fraction of sp³-hybridized carbons (Fsp3) is 0.973. The number of aliphatic hydroxyl groups excluding tert-OH is 2. The third kappa shape index (κ3) is 67.9. The Hall–Kier alpha value is -1.14. The van der Waals surface area contributed by atoms with E-state index in [0.29, 0.717) is 25.9 Å². The molecule has 0 radical (unpaired) electrons. The lowest BCUT2D eigenvalue weighted by Gasteiger charge is -2.22. The van der Waals surface area contributed by atoms with Crippen molar-refractivity contribution in [2.45, 2.75) is 456 Å². The molecule has 0 rings (SSSR count). The van der Waals surface area contributed by atoms with Gasteiger partial charge in [-0.05, 0) is 25.7 Å². The van der Waals surface area contributed by atoms with Crippen LogP contribution in [0.1, 0.15) is 444 Å². The van der Waals surface area contributed by atoms with Crippen LogP contribution in [0, 0.1) is 0 Å². The highest BCUT2D eigenvalue weighted by Gasteiger charge is 2.20. The van der Waals surface area contributed by atoms with Crippen LogP contribution in [0.4, 0.5) is 0 Å². The first kappa shape index (κ1) is 79.9. The number of rotatable bonds is 72. The molecule has 0 fully saturated rings. The van der Waals surface area contributed by atoms with Gasteiger partial charge in [0.1, 0.15) is 0 Å². The Morgan fingerprint density at radius 2 is 0.506 bits per heavy atom. The molecule has 0 bridgehead atoms. The molecule has 0 aliphatic heterocycles. The predicted octanol–water partition coefficient (Wildman–Crippen LogP) is 24.5. The minimum Gasteiger partial charge on any atom is -0.466 e. The van der Waals surface area contributed by atoms with Crippen molar-refractivity contribution in [3.8, 4) is 0 Å². The van der Waals surface area contributed by atoms with Crippen LogP contribution in [0.5, 0.6) is 0 Å². The third-order valence-corrected chi connectivity index (χ3v) is 18.2. The van der Waals surface area contributed by atoms with Crippen LogP contribution in [0.2, 0.25) is 0 Å². The van der Waals surface area contributed by atoms with E-state index < -0.39 is 12.1 Å². The van der Waals surface area contributed by atoms with Crippen molar-refractivity contribution in [1.82, 2.24) is 5.32 Å². The molecule has 0 saturated heterocycles. The van der Waals surface area contributed by atoms with Crippen LogP contribution >= 0.6 is 0 Å². The van der Waals surface area contributed by atoms with Crippen molar-refractivity contribution in [2.75, 3.05) is 13.2 Å². The van der Waals surface area contributed by atoms with Crippen molar-refractivity contribution in [3.63, 3.8) is 0 Å². The van der Waals surface area contributed by atoms with Gasteiger partial charge in [0.25, 0.3) is 0 Å². The van der Waals surface area contributed by atoms with Gasteiger partial charge in [0.05, 0.1) is 25.4 Å². The van der Waals surface area contributed by atoms with Gasteiger partial charge in [-0.15, -0.1) is 0 Å². The molecular formula is C75H149NO5. The SMILES string of the molecule is CCCCCCCCCCCCCCCCCCCCCCCCC(O)C(CO)NC(=O)CCCCCCCCCCCCCCCCCCCCCCCCCOC(=O)CCCCCCCCCCCCCCCCCCCCC. The molecule has 0 heterocycles. The summed E-state index contributed by atoms with van der Waals surface area (Å²) in [5.74, 6) is -0.00733. The molecule has 81 heavy (non-hydrogen) atoms. The molecule has 6 heteroatoms. The van der Waals surface area contributed by atoms with E-state index in [0.717, 1.165) is 38.5 Å². The summed E-state index contributed by atoms with van der Waals surface area (Å²) in [7, 11) is 0. The highest BCUT2D eigenvalue weighted by Crippen LogP contribution is 2.20. The number of hydrogen-bond acceptors (Lipinski definition) is 5. The Morgan fingerprint density at radius 3 is 0.753 bits per heavy atom. The van der Waals surface area contributed by atoms with Gasteiger partial charge >= 0.3 is 5.97 Å². The molecule has 0 saturated carbocycles. The Labute approximate surface area is 508 Å². The van der Waals surface area contributed by atoms with Crippen LogP contribution in [0.15, 0.2) is 0 Å². The summed E-state index contributed by atoms with van der Waals surface area (Å²) < 4.78 is 5.52. The number of unbranched alkanes of at least 4 members (excludes halogenated alkanes) is 61. The van der Waals surface area contributed by atoms with E-state index in [1.807, 2.05) is 0 Å². The first-order valence-electron chi connectivity index (χ1n) is 37.8. The second kappa shape index (κ2) is 71.3. The van der Waals surface area contributed by atoms with Crippen LogP contribution in [0.3, 0.4) is 0 Å². The van der Waals surface area contributed by atoms with Crippen molar-refractivity contribution in [2.24, 2.45) is 0 Å². The zero-order chi connectivity index (χ0) is 58.5. The standard InChI is InChI=1S/C75H149NO5/c1-3-5-7-9-11-13-15-17-19-21-23-24-28-32-35-39-43-47-51-55-59-63-67-73(78)72(71-77)76-74(79)68-64-60-56-52-48-44-40-36-33-29-26-25-27-30-34-38-42-46-50-54-58-62-66-70-81-75(80)69-65-61-57-53-49-45-41-37-31-22-20-18-16-14-12-10-8-6-4-2/h72-73,77-78H,3-71H2,1-2H3,(H,76,79). The molecule has 0 aromatic carbocycles. The van der Waals surface area contributed by atoms with Crippen LogP contribution < -0.4 is 5.32 Å². The molecule has 0 spiro atoms. The van der Waals surface area contributed by atoms with Gasteiger partial charge in [0.15, 0.2) is 0 Å². The zero-order valence-electron chi connectivity index (χ0n) is 55.6. The Bertz CT molecular complexity index is 1180. The number of carbonyl (C=O) groups is 2. The first-order chi connectivity index (χ1) is 40.0. The van der Waals surface area contributed by atoms with E-state index in [2.05, 4.69) is 19.2 Å². The molecule has 0 aromatic heterocycles. The Kier molecular flexibility index (Phi) is 70.3. The fourth-order valence-electron chi connectivity index (χ4n) is 12.4. The van der Waals surface area contributed by atoms with E-state index >= 15 is 0 Å². The number of esters is 1. The van der Waals surface area contributed by atoms with E-state index in [1.54, 1.807) is 0 Å². The highest BCUT2D eigenvalue weighted by atomic mass is 16.5. The van der Waals surface area contributed by atoms with Crippen LogP contribution in [-0.2, 0) is 14.3 Å². The minimum atomic E-state index is -0.664. The lowest BCUT2D eigenvalue weighted by atomic mass is 10.0. The second-order valence-electron chi connectivity index (χ2n) is 26.4. The van der Waals surface area contributed by atoms with Crippen LogP contribution in [-0.4, -0.2) is 47.4 Å². The van der Waals surface area contributed by atoms with E-state index in [-0.39, 0.29) is 18.5 Å². The summed E-state index contributed by atoms with van der Waals surface area (Å²) in [6, 6.07) is -0.541. The monoisotopic (exact) mass is 1140 g/mol. The summed E-state index contributed by atoms with van der Waals surface area (Å²) in [5, 5.41) is 23.4. The molecule has 484 valence electrons. The smallest absolute Gasteiger partial charge is 0.305 e. The summed E-state index contributed by atoms with van der Waals surface area (Å²) in [6.45, 7) is 5.02. The molecular weight excluding hydrogens is 995 g/mol. The van der Waals surface area contributed by atoms with Gasteiger partial charge in [-0.25, -0.2) is 0 Å². The maximum atomic E-state index is 12.6. The van der Waals surface area contributed by atoms with Gasteiger partial charge in [-0.1, -0.05) is 406 Å². The maximum Gasteiger partial charge on any atom is 0.305 e. The quantitative estimate of drug-likeness (QED) is 0.0417. The summed E-state index contributed by atoms with van der Waals surface area (Å²) in [5.41, 5.74) is 0. The average molecular weight is 1150 g/mol. The number of nitrogens with one attached hydrogen (secondary N) is 1. The Morgan fingerprint density at radius 1 is 0.296 bits per heavy atom. The fourth-order valence-corrected chi connectivity index (χ4v) is 12.4. The number of amides is 1. The topological polar surface area (TPSA) is 95.9 Å². The summed E-state index contributed by atoms with van der Waals surface area (Å²) in [4.78, 5) is 24.7. The van der Waals surface area contributed by atoms with E-state index in [9.17, 15) is 19.8 Å². The number of hydrogen-bond donors (Lipinski definition) is 3. The molecule has 1 amide bonds. The van der Waals surface area contributed by atoms with Gasteiger partial charge in [-0.2, -0.15) is 0 Å². The Balaban J connectivity index is 3.34. The number of ether oxygens (including phenoxy) is 1. The van der Waals surface area contributed by atoms with Crippen molar-refractivity contribution >= 4 is 11.9 Å². The average Bonchev–Trinajstić information content (AvgIpc) is 3.47. The van der Waals surface area contributed by atoms with Gasteiger partial charge in [-0.3, -0.25) is 9.59 Å². The van der Waals surface area contributed by atoms with Gasteiger partial charge in [0.2, 0.25) is 5.91 Å². The second-order valence-corrected chi connectivity index (χ2v) is 26.4. The van der Waals surface area contributed by atoms with Crippen molar-refractivity contribution < 1.29 is 24.5 Å². The van der Waals surface area contributed by atoms with Crippen molar-refractivity contribution in [1.29, 1.82) is 0 Å². The lowest BCUT2D eigenvalue weighted by Crippen LogP contribution is -2.45. The lowest BCUT2D eigenvalue weighted by molar-refractivity contribution is -0.143. The molecule has 2 unspecified atom stereocenters. The highest BCUT2D eigenvalue weighted by molar-refractivity contribution is 5.76. The summed E-state index contributed by atoms with van der Waals surface area (Å²) >= 11 is 0. The van der Waals surface area contributed by atoms with E-state index in [1.165, 1.54) is 372 Å². The molecule has 0 aliphatic carbocycles. The minimum absolute atomic E-state index is 0.0210. The van der Waals surface area contributed by atoms with E-state index in [4.69, 9.17) is 4.74 Å². The molecule has 6 nitrogen and oxygen atoms in total. The first-order valence-corrected chi connectivity index (χ1v) is 37.8. The molecule has 2 atom stereocenters. The number of carbonyl (C=O) groups excluding carboxylic acids is 2. The molecule has 3 N–H and O–H groups in total. The van der Waals surface area contributed by atoms with Crippen molar-refractivity contribution in [3.05, 3.63) is 0 Å². The molecule has 0 aliphatic rings.